The second-order valence-electron chi connectivity index (χ2n) is 6.01. The Bertz CT molecular complexity index is 1020. The van der Waals surface area contributed by atoms with Gasteiger partial charge < -0.3 is 15.2 Å². The molecule has 0 bridgehead atoms. The Morgan fingerprint density at radius 2 is 1.72 bits per heavy atom. The fourth-order valence-electron chi connectivity index (χ4n) is 2.39. The quantitative estimate of drug-likeness (QED) is 0.577. The van der Waals surface area contributed by atoms with Crippen LogP contribution in [-0.4, -0.2) is 32.3 Å². The highest BCUT2D eigenvalue weighted by Crippen LogP contribution is 2.18. The van der Waals surface area contributed by atoms with E-state index in [1.54, 1.807) is 17.7 Å². The number of para-hydroxylation sites is 1. The number of aromatic nitrogens is 3. The van der Waals surface area contributed by atoms with Crippen molar-refractivity contribution in [3.8, 4) is 0 Å². The van der Waals surface area contributed by atoms with Gasteiger partial charge in [0.25, 0.3) is 0 Å². The van der Waals surface area contributed by atoms with Crippen molar-refractivity contribution in [2.75, 3.05) is 16.4 Å². The zero-order valence-corrected chi connectivity index (χ0v) is 16.2. The number of amides is 2. The number of hydrogen-bond acceptors (Lipinski definition) is 5. The van der Waals surface area contributed by atoms with Crippen LogP contribution < -0.4 is 10.6 Å². The zero-order valence-electron chi connectivity index (χ0n) is 15.4. The lowest BCUT2D eigenvalue weighted by atomic mass is 10.3. The molecule has 150 valence electrons. The smallest absolute Gasteiger partial charge is 0.234 e. The average molecular weight is 417 g/mol. The highest BCUT2D eigenvalue weighted by molar-refractivity contribution is 7.99. The predicted molar refractivity (Wildman–Crippen MR) is 105 cm³/mol. The van der Waals surface area contributed by atoms with Crippen LogP contribution in [0.5, 0.6) is 0 Å². The number of nitrogens with one attached hydrogen (secondary N) is 2. The summed E-state index contributed by atoms with van der Waals surface area (Å²) >= 11 is 1.12. The molecule has 0 atom stereocenters. The van der Waals surface area contributed by atoms with E-state index in [0.29, 0.717) is 16.7 Å². The molecule has 0 saturated heterocycles. The van der Waals surface area contributed by atoms with Gasteiger partial charge in [-0.05, 0) is 36.4 Å². The molecule has 2 aromatic carbocycles. The fraction of sp³-hybridized carbons (Fsp3) is 0.158. The molecule has 7 nitrogen and oxygen atoms in total. The minimum absolute atomic E-state index is 0.00207. The van der Waals surface area contributed by atoms with Crippen LogP contribution in [0.2, 0.25) is 0 Å². The monoisotopic (exact) mass is 417 g/mol. The summed E-state index contributed by atoms with van der Waals surface area (Å²) in [6.45, 7) is 0. The maximum absolute atomic E-state index is 13.6. The zero-order chi connectivity index (χ0) is 20.8. The van der Waals surface area contributed by atoms with Crippen LogP contribution in [0.4, 0.5) is 20.2 Å². The highest BCUT2D eigenvalue weighted by Gasteiger charge is 2.15. The molecule has 2 N–H and O–H groups in total. The van der Waals surface area contributed by atoms with Crippen molar-refractivity contribution in [3.63, 3.8) is 0 Å². The summed E-state index contributed by atoms with van der Waals surface area (Å²) in [5, 5.41) is 13.5. The van der Waals surface area contributed by atoms with E-state index in [1.165, 1.54) is 42.5 Å². The lowest BCUT2D eigenvalue weighted by molar-refractivity contribution is -0.116. The van der Waals surface area contributed by atoms with Crippen LogP contribution in [0.15, 0.2) is 53.7 Å². The van der Waals surface area contributed by atoms with E-state index in [0.717, 1.165) is 11.8 Å². The topological polar surface area (TPSA) is 88.9 Å². The van der Waals surface area contributed by atoms with Crippen molar-refractivity contribution in [1.82, 2.24) is 14.8 Å². The van der Waals surface area contributed by atoms with Crippen molar-refractivity contribution in [2.45, 2.75) is 11.6 Å². The summed E-state index contributed by atoms with van der Waals surface area (Å²) in [5.41, 5.74) is 0.576. The molecule has 0 radical (unpaired) electrons. The summed E-state index contributed by atoms with van der Waals surface area (Å²) < 4.78 is 28.1. The molecule has 3 rings (SSSR count). The maximum atomic E-state index is 13.6. The van der Waals surface area contributed by atoms with Gasteiger partial charge in [-0.1, -0.05) is 23.9 Å². The minimum atomic E-state index is -0.515. The van der Waals surface area contributed by atoms with Crippen LogP contribution in [0.25, 0.3) is 0 Å². The Morgan fingerprint density at radius 1 is 1.00 bits per heavy atom. The molecule has 0 unspecified atom stereocenters. The second kappa shape index (κ2) is 9.28. The van der Waals surface area contributed by atoms with Gasteiger partial charge in [-0.2, -0.15) is 0 Å². The Kier molecular flexibility index (Phi) is 6.55. The molecular formula is C19H17F2N5O2S. The van der Waals surface area contributed by atoms with Crippen LogP contribution in [0, 0.1) is 11.6 Å². The number of carbonyl (C=O) groups excluding carboxylic acids is 2. The van der Waals surface area contributed by atoms with Crippen LogP contribution >= 0.6 is 11.8 Å². The van der Waals surface area contributed by atoms with Gasteiger partial charge in [0, 0.05) is 12.7 Å². The number of hydrogen-bond donors (Lipinski definition) is 2. The van der Waals surface area contributed by atoms with Crippen LogP contribution in [-0.2, 0) is 23.1 Å². The lowest BCUT2D eigenvalue weighted by Crippen LogP contribution is -2.17. The number of benzene rings is 2. The highest BCUT2D eigenvalue weighted by atomic mass is 32.2. The van der Waals surface area contributed by atoms with E-state index in [-0.39, 0.29) is 23.8 Å². The normalized spacial score (nSPS) is 10.6. The lowest BCUT2D eigenvalue weighted by Gasteiger charge is -2.07. The Morgan fingerprint density at radius 3 is 2.45 bits per heavy atom. The summed E-state index contributed by atoms with van der Waals surface area (Å²) in [6.07, 6.45) is -0.0388. The van der Waals surface area contributed by atoms with Gasteiger partial charge >= 0.3 is 0 Å². The third kappa shape index (κ3) is 5.61. The SMILES string of the molecule is Cn1c(CC(=O)Nc2ccc(F)cc2)nnc1SCC(=O)Nc1ccccc1F. The molecule has 1 aromatic heterocycles. The van der Waals surface area contributed by atoms with Crippen LogP contribution in [0.1, 0.15) is 5.82 Å². The van der Waals surface area contributed by atoms with Crippen molar-refractivity contribution >= 4 is 35.0 Å². The van der Waals surface area contributed by atoms with E-state index in [4.69, 9.17) is 0 Å². The Balaban J connectivity index is 1.53. The Labute approximate surface area is 169 Å². The summed E-state index contributed by atoms with van der Waals surface area (Å²) in [5.74, 6) is -1.22. The van der Waals surface area contributed by atoms with Crippen molar-refractivity contribution < 1.29 is 18.4 Å². The first-order valence-corrected chi connectivity index (χ1v) is 9.52. The number of nitrogens with zero attached hydrogens (tertiary/aromatic N) is 3. The summed E-state index contributed by atoms with van der Waals surface area (Å²) in [7, 11) is 1.68. The van der Waals surface area contributed by atoms with Gasteiger partial charge in [-0.15, -0.1) is 10.2 Å². The number of anilines is 2. The van der Waals surface area contributed by atoms with Gasteiger partial charge in [-0.25, -0.2) is 8.78 Å². The van der Waals surface area contributed by atoms with Gasteiger partial charge in [0.05, 0.1) is 17.9 Å². The molecule has 3 aromatic rings. The Hall–Kier alpha value is -3.27. The van der Waals surface area contributed by atoms with E-state index in [9.17, 15) is 18.4 Å². The largest absolute Gasteiger partial charge is 0.326 e. The molecule has 10 heteroatoms. The molecule has 0 spiro atoms. The third-order valence-corrected chi connectivity index (χ3v) is 4.87. The van der Waals surface area contributed by atoms with Gasteiger partial charge in [0.2, 0.25) is 11.8 Å². The second-order valence-corrected chi connectivity index (χ2v) is 6.95. The third-order valence-electron chi connectivity index (χ3n) is 3.85. The molecular weight excluding hydrogens is 400 g/mol. The van der Waals surface area contributed by atoms with Gasteiger partial charge in [-0.3, -0.25) is 9.59 Å². The maximum Gasteiger partial charge on any atom is 0.234 e. The van der Waals surface area contributed by atoms with E-state index < -0.39 is 17.5 Å². The molecule has 0 aliphatic rings. The molecule has 0 aliphatic heterocycles. The standard InChI is InChI=1S/C19H17F2N5O2S/c1-26-16(10-17(27)22-13-8-6-12(20)7-9-13)24-25-19(26)29-11-18(28)23-15-5-3-2-4-14(15)21/h2-9H,10-11H2,1H3,(H,22,27)(H,23,28). The van der Waals surface area contributed by atoms with Crippen molar-refractivity contribution in [3.05, 3.63) is 66.0 Å². The summed E-state index contributed by atoms with van der Waals surface area (Å²) in [4.78, 5) is 24.2. The molecule has 0 saturated carbocycles. The number of thioether (sulfide) groups is 1. The summed E-state index contributed by atoms with van der Waals surface area (Å²) in [6, 6.07) is 11.3. The molecule has 0 fully saturated rings. The molecule has 2 amide bonds. The first-order chi connectivity index (χ1) is 13.9. The van der Waals surface area contributed by atoms with E-state index in [2.05, 4.69) is 20.8 Å². The number of halogens is 2. The van der Waals surface area contributed by atoms with Crippen LogP contribution in [0.3, 0.4) is 0 Å². The molecule has 1 heterocycles. The molecule has 29 heavy (non-hydrogen) atoms. The van der Waals surface area contributed by atoms with E-state index in [1.807, 2.05) is 0 Å². The van der Waals surface area contributed by atoms with E-state index >= 15 is 0 Å². The minimum Gasteiger partial charge on any atom is -0.326 e. The first kappa shape index (κ1) is 20.5. The number of carbonyl (C=O) groups is 2. The van der Waals surface area contributed by atoms with Crippen molar-refractivity contribution in [2.24, 2.45) is 7.05 Å². The first-order valence-electron chi connectivity index (χ1n) is 8.53. The van der Waals surface area contributed by atoms with Gasteiger partial charge in [0.1, 0.15) is 17.5 Å². The van der Waals surface area contributed by atoms with Gasteiger partial charge in [0.15, 0.2) is 5.16 Å². The fourth-order valence-corrected chi connectivity index (χ4v) is 3.12. The average Bonchev–Trinajstić information content (AvgIpc) is 3.03. The predicted octanol–water partition coefficient (Wildman–Crippen LogP) is 3.01. The molecule has 0 aliphatic carbocycles. The number of rotatable bonds is 7. The van der Waals surface area contributed by atoms with Crippen molar-refractivity contribution in [1.29, 1.82) is 0 Å².